The Morgan fingerprint density at radius 2 is 1.57 bits per heavy atom. The van der Waals surface area contributed by atoms with Crippen LogP contribution in [0.4, 0.5) is 0 Å². The lowest BCUT2D eigenvalue weighted by Crippen LogP contribution is -2.41. The first-order chi connectivity index (χ1) is 19.4. The van der Waals surface area contributed by atoms with Crippen LogP contribution < -0.4 is 10.1 Å². The van der Waals surface area contributed by atoms with Crippen LogP contribution in [0.25, 0.3) is 11.1 Å². The van der Waals surface area contributed by atoms with E-state index in [2.05, 4.69) is 10.2 Å². The van der Waals surface area contributed by atoms with E-state index in [4.69, 9.17) is 16.3 Å². The van der Waals surface area contributed by atoms with E-state index < -0.39 is 10.0 Å². The largest absolute Gasteiger partial charge is 0.489 e. The number of hydrogen-bond acceptors (Lipinski definition) is 5. The summed E-state index contributed by atoms with van der Waals surface area (Å²) in [4.78, 5) is 15.3. The van der Waals surface area contributed by atoms with Crippen molar-refractivity contribution in [3.8, 4) is 16.9 Å². The van der Waals surface area contributed by atoms with E-state index in [1.807, 2.05) is 42.5 Å². The molecule has 2 aliphatic rings. The van der Waals surface area contributed by atoms with Gasteiger partial charge in [0.1, 0.15) is 11.9 Å². The third-order valence-electron chi connectivity index (χ3n) is 7.62. The monoisotopic (exact) mass is 581 g/mol. The zero-order chi connectivity index (χ0) is 28.0. The van der Waals surface area contributed by atoms with Crippen LogP contribution in [0.15, 0.2) is 77.7 Å². The van der Waals surface area contributed by atoms with Crippen molar-refractivity contribution in [2.45, 2.75) is 43.1 Å². The fourth-order valence-electron chi connectivity index (χ4n) is 5.32. The molecule has 0 radical (unpaired) electrons. The molecular weight excluding hydrogens is 546 g/mol. The molecule has 9 heteroatoms. The van der Waals surface area contributed by atoms with Crippen LogP contribution in [0, 0.1) is 0 Å². The molecule has 2 aliphatic heterocycles. The van der Waals surface area contributed by atoms with E-state index in [0.717, 1.165) is 37.2 Å². The highest BCUT2D eigenvalue weighted by atomic mass is 35.5. The normalized spacial score (nSPS) is 17.1. The fraction of sp³-hybridized carbons (Fsp3) is 0.387. The number of halogens is 1. The second-order valence-electron chi connectivity index (χ2n) is 10.4. The Morgan fingerprint density at radius 1 is 0.900 bits per heavy atom. The van der Waals surface area contributed by atoms with Gasteiger partial charge in [-0.15, -0.1) is 0 Å². The molecule has 3 aromatic carbocycles. The van der Waals surface area contributed by atoms with Crippen LogP contribution in [0.1, 0.15) is 42.5 Å². The molecule has 1 amide bonds. The van der Waals surface area contributed by atoms with Crippen molar-refractivity contribution in [3.63, 3.8) is 0 Å². The zero-order valence-corrected chi connectivity index (χ0v) is 24.2. The number of benzene rings is 3. The smallest absolute Gasteiger partial charge is 0.251 e. The average Bonchev–Trinajstić information content (AvgIpc) is 3.51. The second kappa shape index (κ2) is 13.2. The quantitative estimate of drug-likeness (QED) is 0.322. The van der Waals surface area contributed by atoms with E-state index in [9.17, 15) is 13.2 Å². The Hall–Kier alpha value is -2.91. The SMILES string of the molecule is O=C(NCCCN1CCCC1)c1ccc(OC2CCN(S(=O)(=O)c3ccc(-c4ccccc4)cc3)CC2)c(Cl)c1. The molecule has 2 fully saturated rings. The summed E-state index contributed by atoms with van der Waals surface area (Å²) in [7, 11) is -3.59. The molecule has 0 saturated carbocycles. The molecule has 0 spiro atoms. The Morgan fingerprint density at radius 3 is 2.25 bits per heavy atom. The van der Waals surface area contributed by atoms with Gasteiger partial charge in [-0.3, -0.25) is 4.79 Å². The molecular formula is C31H36ClN3O4S. The molecule has 3 aromatic rings. The van der Waals surface area contributed by atoms with Crippen molar-refractivity contribution in [2.24, 2.45) is 0 Å². The zero-order valence-electron chi connectivity index (χ0n) is 22.6. The third kappa shape index (κ3) is 7.04. The Kier molecular flexibility index (Phi) is 9.42. The number of piperidine rings is 1. The van der Waals surface area contributed by atoms with E-state index >= 15 is 0 Å². The molecule has 1 N–H and O–H groups in total. The Labute approximate surface area is 242 Å². The van der Waals surface area contributed by atoms with Gasteiger partial charge in [0.05, 0.1) is 9.92 Å². The summed E-state index contributed by atoms with van der Waals surface area (Å²) < 4.78 is 34.1. The summed E-state index contributed by atoms with van der Waals surface area (Å²) in [5, 5.41) is 3.34. The summed E-state index contributed by atoms with van der Waals surface area (Å²) in [6.45, 7) is 4.68. The molecule has 7 nitrogen and oxygen atoms in total. The maximum atomic E-state index is 13.2. The molecule has 212 valence electrons. The van der Waals surface area contributed by atoms with Crippen LogP contribution in [-0.2, 0) is 10.0 Å². The predicted octanol–water partition coefficient (Wildman–Crippen LogP) is 5.45. The lowest BCUT2D eigenvalue weighted by atomic mass is 10.1. The van der Waals surface area contributed by atoms with Crippen LogP contribution in [0.3, 0.4) is 0 Å². The number of likely N-dealkylation sites (tertiary alicyclic amines) is 1. The number of rotatable bonds is 10. The predicted molar refractivity (Wildman–Crippen MR) is 158 cm³/mol. The summed E-state index contributed by atoms with van der Waals surface area (Å²) in [6.07, 6.45) is 4.40. The highest BCUT2D eigenvalue weighted by Gasteiger charge is 2.30. The number of carbonyl (C=O) groups excluding carboxylic acids is 1. The number of ether oxygens (including phenoxy) is 1. The topological polar surface area (TPSA) is 79.0 Å². The standard InChI is InChI=1S/C31H36ClN3O4S/c32-29-23-26(31(36)33-17-6-20-34-18-4-5-19-34)11-14-30(29)39-27-15-21-35(22-16-27)40(37,38)28-12-9-25(10-13-28)24-7-2-1-3-8-24/h1-3,7-14,23,27H,4-6,15-22H2,(H,33,36). The Balaban J connectivity index is 1.10. The summed E-state index contributed by atoms with van der Waals surface area (Å²) >= 11 is 6.46. The van der Waals surface area contributed by atoms with E-state index in [-0.39, 0.29) is 12.0 Å². The van der Waals surface area contributed by atoms with Gasteiger partial charge in [-0.2, -0.15) is 4.31 Å². The maximum absolute atomic E-state index is 13.2. The molecule has 0 unspecified atom stereocenters. The number of carbonyl (C=O) groups is 1. The molecule has 0 bridgehead atoms. The first kappa shape index (κ1) is 28.6. The number of sulfonamides is 1. The van der Waals surface area contributed by atoms with Crippen LogP contribution in [0.5, 0.6) is 5.75 Å². The summed E-state index contributed by atoms with van der Waals surface area (Å²) in [5.74, 6) is 0.357. The van der Waals surface area contributed by atoms with Crippen molar-refractivity contribution in [3.05, 3.63) is 83.4 Å². The van der Waals surface area contributed by atoms with Gasteiger partial charge in [0, 0.05) is 25.2 Å². The molecule has 5 rings (SSSR count). The number of amides is 1. The van der Waals surface area contributed by atoms with E-state index in [0.29, 0.717) is 53.7 Å². The molecule has 0 aromatic heterocycles. The third-order valence-corrected chi connectivity index (χ3v) is 9.83. The lowest BCUT2D eigenvalue weighted by Gasteiger charge is -2.31. The fourth-order valence-corrected chi connectivity index (χ4v) is 7.01. The van der Waals surface area contributed by atoms with Crippen molar-refractivity contribution < 1.29 is 17.9 Å². The van der Waals surface area contributed by atoms with Crippen LogP contribution in [-0.4, -0.2) is 68.9 Å². The number of nitrogens with one attached hydrogen (secondary N) is 1. The lowest BCUT2D eigenvalue weighted by molar-refractivity contribution is 0.0952. The summed E-state index contributed by atoms with van der Waals surface area (Å²) in [5.41, 5.74) is 2.52. The minimum atomic E-state index is -3.59. The highest BCUT2D eigenvalue weighted by molar-refractivity contribution is 7.89. The number of hydrogen-bond donors (Lipinski definition) is 1. The second-order valence-corrected chi connectivity index (χ2v) is 12.8. The Bertz CT molecular complexity index is 1390. The van der Waals surface area contributed by atoms with Crippen LogP contribution >= 0.6 is 11.6 Å². The van der Waals surface area contributed by atoms with Gasteiger partial charge in [-0.1, -0.05) is 54.1 Å². The van der Waals surface area contributed by atoms with Crippen molar-refractivity contribution >= 4 is 27.5 Å². The molecule has 40 heavy (non-hydrogen) atoms. The van der Waals surface area contributed by atoms with E-state index in [1.54, 1.807) is 30.3 Å². The van der Waals surface area contributed by atoms with Crippen molar-refractivity contribution in [2.75, 3.05) is 39.3 Å². The first-order valence-corrected chi connectivity index (χ1v) is 15.8. The van der Waals surface area contributed by atoms with Crippen molar-refractivity contribution in [1.82, 2.24) is 14.5 Å². The van der Waals surface area contributed by atoms with Gasteiger partial charge in [0.15, 0.2) is 0 Å². The van der Waals surface area contributed by atoms with Gasteiger partial charge >= 0.3 is 0 Å². The minimum absolute atomic E-state index is 0.148. The number of nitrogens with zero attached hydrogens (tertiary/aromatic N) is 2. The first-order valence-electron chi connectivity index (χ1n) is 14.0. The highest BCUT2D eigenvalue weighted by Crippen LogP contribution is 2.30. The van der Waals surface area contributed by atoms with Gasteiger partial charge in [-0.05, 0) is 93.2 Å². The average molecular weight is 582 g/mol. The maximum Gasteiger partial charge on any atom is 0.251 e. The van der Waals surface area contributed by atoms with Gasteiger partial charge in [-0.25, -0.2) is 8.42 Å². The molecule has 0 aliphatic carbocycles. The molecule has 0 atom stereocenters. The van der Waals surface area contributed by atoms with Gasteiger partial charge in [0.2, 0.25) is 10.0 Å². The van der Waals surface area contributed by atoms with Gasteiger partial charge < -0.3 is 15.0 Å². The minimum Gasteiger partial charge on any atom is -0.489 e. The van der Waals surface area contributed by atoms with E-state index in [1.165, 1.54) is 17.1 Å². The summed E-state index contributed by atoms with van der Waals surface area (Å²) in [6, 6.07) is 22.0. The van der Waals surface area contributed by atoms with Crippen LogP contribution in [0.2, 0.25) is 5.02 Å². The molecule has 2 saturated heterocycles. The van der Waals surface area contributed by atoms with Gasteiger partial charge in [0.25, 0.3) is 5.91 Å². The van der Waals surface area contributed by atoms with Crippen molar-refractivity contribution in [1.29, 1.82) is 0 Å². The molecule has 2 heterocycles.